The van der Waals surface area contributed by atoms with Crippen LogP contribution in [0.1, 0.15) is 51.2 Å². The van der Waals surface area contributed by atoms with Gasteiger partial charge in [0.15, 0.2) is 0 Å². The molecule has 0 radical (unpaired) electrons. The van der Waals surface area contributed by atoms with Gasteiger partial charge >= 0.3 is 6.18 Å². The number of hydrogen-bond donors (Lipinski definition) is 1. The molecule has 2 amide bonds. The highest BCUT2D eigenvalue weighted by molar-refractivity contribution is 7.92. The molecule has 0 aromatic heterocycles. The van der Waals surface area contributed by atoms with Gasteiger partial charge in [0.1, 0.15) is 6.04 Å². The molecule has 7 nitrogen and oxygen atoms in total. The summed E-state index contributed by atoms with van der Waals surface area (Å²) in [5, 5.41) is 3.47. The van der Waals surface area contributed by atoms with Gasteiger partial charge in [-0.2, -0.15) is 13.2 Å². The first-order valence-corrected chi connectivity index (χ1v) is 15.3. The van der Waals surface area contributed by atoms with Crippen LogP contribution in [0.3, 0.4) is 0 Å². The fourth-order valence-electron chi connectivity index (χ4n) is 4.04. The molecule has 0 aliphatic carbocycles. The molecule has 2 rings (SSSR count). The van der Waals surface area contributed by atoms with Crippen LogP contribution in [0.2, 0.25) is 10.0 Å². The van der Waals surface area contributed by atoms with Crippen LogP contribution in [-0.4, -0.2) is 50.5 Å². The zero-order chi connectivity index (χ0) is 30.3. The van der Waals surface area contributed by atoms with E-state index in [0.717, 1.165) is 28.8 Å². The molecule has 0 aliphatic heterocycles. The molecule has 13 heteroatoms. The summed E-state index contributed by atoms with van der Waals surface area (Å²) in [7, 11) is -3.97. The van der Waals surface area contributed by atoms with Crippen molar-refractivity contribution < 1.29 is 31.2 Å². The Morgan fingerprint density at radius 1 is 1.05 bits per heavy atom. The number of amides is 2. The summed E-state index contributed by atoms with van der Waals surface area (Å²) in [6.45, 7) is 5.73. The summed E-state index contributed by atoms with van der Waals surface area (Å²) >= 11 is 12.7. The summed E-state index contributed by atoms with van der Waals surface area (Å²) in [6.07, 6.45) is -3.68. The second kappa shape index (κ2) is 14.4. The maximum Gasteiger partial charge on any atom is 0.416 e. The zero-order valence-electron chi connectivity index (χ0n) is 22.8. The third-order valence-corrected chi connectivity index (χ3v) is 7.98. The van der Waals surface area contributed by atoms with Gasteiger partial charge in [0.05, 0.1) is 17.5 Å². The van der Waals surface area contributed by atoms with Crippen LogP contribution in [0.25, 0.3) is 0 Å². The lowest BCUT2D eigenvalue weighted by atomic mass is 10.1. The standard InChI is InChI=1S/C27H34Cl2F3N3O4S/c1-5-24(26(37)33-16-18(2)3)34(17-21-22(28)11-7-12-23(21)29)25(36)13-8-14-35(40(4,38)39)20-10-6-9-19(15-20)27(30,31)32/h6-7,9-12,15,18,24H,5,8,13-14,16-17H2,1-4H3,(H,33,37)/t24-/m0/s1. The van der Waals surface area contributed by atoms with Gasteiger partial charge in [0, 0.05) is 41.7 Å². The number of rotatable bonds is 13. The molecule has 0 fully saturated rings. The normalized spacial score (nSPS) is 12.8. The number of anilines is 1. The van der Waals surface area contributed by atoms with Crippen molar-refractivity contribution in [3.63, 3.8) is 0 Å². The Hall–Kier alpha value is -2.50. The van der Waals surface area contributed by atoms with Gasteiger partial charge in [-0.05, 0) is 49.1 Å². The van der Waals surface area contributed by atoms with E-state index in [1.807, 2.05) is 13.8 Å². The molecule has 0 spiro atoms. The molecule has 40 heavy (non-hydrogen) atoms. The summed E-state index contributed by atoms with van der Waals surface area (Å²) in [5.74, 6) is -0.629. The van der Waals surface area contributed by atoms with E-state index in [4.69, 9.17) is 23.2 Å². The van der Waals surface area contributed by atoms with Crippen molar-refractivity contribution in [3.8, 4) is 0 Å². The van der Waals surface area contributed by atoms with E-state index in [2.05, 4.69) is 5.32 Å². The zero-order valence-corrected chi connectivity index (χ0v) is 25.1. The molecule has 0 aliphatic rings. The smallest absolute Gasteiger partial charge is 0.354 e. The maximum absolute atomic E-state index is 13.5. The first kappa shape index (κ1) is 33.7. The number of carbonyl (C=O) groups excluding carboxylic acids is 2. The second-order valence-corrected chi connectivity index (χ2v) is 12.5. The van der Waals surface area contributed by atoms with Crippen molar-refractivity contribution in [3.05, 3.63) is 63.6 Å². The van der Waals surface area contributed by atoms with Gasteiger partial charge in [-0.25, -0.2) is 8.42 Å². The second-order valence-electron chi connectivity index (χ2n) is 9.77. The van der Waals surface area contributed by atoms with Gasteiger partial charge in [-0.1, -0.05) is 56.1 Å². The number of halogens is 5. The summed E-state index contributed by atoms with van der Waals surface area (Å²) in [4.78, 5) is 27.9. The Balaban J connectivity index is 2.31. The minimum Gasteiger partial charge on any atom is -0.354 e. The number of sulfonamides is 1. The van der Waals surface area contributed by atoms with E-state index in [-0.39, 0.29) is 49.9 Å². The van der Waals surface area contributed by atoms with Crippen LogP contribution in [0.5, 0.6) is 0 Å². The minimum absolute atomic E-state index is 0.0149. The lowest BCUT2D eigenvalue weighted by Crippen LogP contribution is -2.49. The van der Waals surface area contributed by atoms with Crippen LogP contribution in [0.4, 0.5) is 18.9 Å². The first-order chi connectivity index (χ1) is 18.6. The molecule has 1 N–H and O–H groups in total. The third-order valence-electron chi connectivity index (χ3n) is 6.07. The average Bonchev–Trinajstić information content (AvgIpc) is 2.85. The van der Waals surface area contributed by atoms with Crippen molar-refractivity contribution in [1.82, 2.24) is 10.2 Å². The van der Waals surface area contributed by atoms with Crippen molar-refractivity contribution in [2.75, 3.05) is 23.7 Å². The van der Waals surface area contributed by atoms with Crippen molar-refractivity contribution >= 4 is 50.7 Å². The number of carbonyl (C=O) groups is 2. The monoisotopic (exact) mass is 623 g/mol. The molecule has 0 unspecified atom stereocenters. The van der Waals surface area contributed by atoms with E-state index >= 15 is 0 Å². The number of benzene rings is 2. The fourth-order valence-corrected chi connectivity index (χ4v) is 5.51. The van der Waals surface area contributed by atoms with E-state index in [1.165, 1.54) is 11.0 Å². The predicted octanol–water partition coefficient (Wildman–Crippen LogP) is 6.14. The van der Waals surface area contributed by atoms with E-state index in [0.29, 0.717) is 22.2 Å². The number of nitrogens with one attached hydrogen (secondary N) is 1. The Morgan fingerprint density at radius 2 is 1.65 bits per heavy atom. The molecule has 0 saturated carbocycles. The van der Waals surface area contributed by atoms with Crippen LogP contribution < -0.4 is 9.62 Å². The van der Waals surface area contributed by atoms with E-state index in [9.17, 15) is 31.2 Å². The Kier molecular flexibility index (Phi) is 12.1. The molecule has 2 aromatic rings. The maximum atomic E-state index is 13.5. The molecule has 0 heterocycles. The highest BCUT2D eigenvalue weighted by Crippen LogP contribution is 2.32. The van der Waals surface area contributed by atoms with Crippen LogP contribution >= 0.6 is 23.2 Å². The lowest BCUT2D eigenvalue weighted by molar-refractivity contribution is -0.141. The molecule has 1 atom stereocenters. The first-order valence-electron chi connectivity index (χ1n) is 12.7. The molecule has 222 valence electrons. The molecule has 2 aromatic carbocycles. The van der Waals surface area contributed by atoms with Crippen molar-refractivity contribution in [2.45, 2.75) is 58.8 Å². The Labute approximate surface area is 243 Å². The Bertz CT molecular complexity index is 1270. The fraction of sp³-hybridized carbons (Fsp3) is 0.481. The molecular formula is C27H34Cl2F3N3O4S. The average molecular weight is 625 g/mol. The molecule has 0 saturated heterocycles. The van der Waals surface area contributed by atoms with Gasteiger partial charge < -0.3 is 10.2 Å². The van der Waals surface area contributed by atoms with Gasteiger partial charge in [0.25, 0.3) is 0 Å². The van der Waals surface area contributed by atoms with Gasteiger partial charge in [-0.15, -0.1) is 0 Å². The summed E-state index contributed by atoms with van der Waals surface area (Å²) in [6, 6.07) is 8.01. The predicted molar refractivity (Wildman–Crippen MR) is 152 cm³/mol. The highest BCUT2D eigenvalue weighted by Gasteiger charge is 2.32. The van der Waals surface area contributed by atoms with Crippen LogP contribution in [0.15, 0.2) is 42.5 Å². The lowest BCUT2D eigenvalue weighted by Gasteiger charge is -2.32. The van der Waals surface area contributed by atoms with Crippen LogP contribution in [-0.2, 0) is 32.3 Å². The minimum atomic E-state index is -4.65. The number of nitrogens with zero attached hydrogens (tertiary/aromatic N) is 2. The summed E-state index contributed by atoms with van der Waals surface area (Å²) in [5.41, 5.74) is -0.698. The van der Waals surface area contributed by atoms with Crippen LogP contribution in [0, 0.1) is 5.92 Å². The van der Waals surface area contributed by atoms with E-state index in [1.54, 1.807) is 25.1 Å². The topological polar surface area (TPSA) is 86.8 Å². The van der Waals surface area contributed by atoms with Gasteiger partial charge in [0.2, 0.25) is 21.8 Å². The van der Waals surface area contributed by atoms with Crippen molar-refractivity contribution in [2.24, 2.45) is 5.92 Å². The van der Waals surface area contributed by atoms with E-state index < -0.39 is 33.7 Å². The largest absolute Gasteiger partial charge is 0.416 e. The molecule has 0 bridgehead atoms. The quantitative estimate of drug-likeness (QED) is 0.290. The number of hydrogen-bond acceptors (Lipinski definition) is 4. The number of alkyl halides is 3. The SMILES string of the molecule is CC[C@@H](C(=O)NCC(C)C)N(Cc1c(Cl)cccc1Cl)C(=O)CCCN(c1cccc(C(F)(F)F)c1)S(C)(=O)=O. The van der Waals surface area contributed by atoms with Crippen molar-refractivity contribution in [1.29, 1.82) is 0 Å². The Morgan fingerprint density at radius 3 is 2.17 bits per heavy atom. The van der Waals surface area contributed by atoms with Gasteiger partial charge in [-0.3, -0.25) is 13.9 Å². The third kappa shape index (κ3) is 9.55. The molecular weight excluding hydrogens is 590 g/mol. The highest BCUT2D eigenvalue weighted by atomic mass is 35.5. The summed E-state index contributed by atoms with van der Waals surface area (Å²) < 4.78 is 65.4.